The summed E-state index contributed by atoms with van der Waals surface area (Å²) in [4.78, 5) is 25.0. The summed E-state index contributed by atoms with van der Waals surface area (Å²) in [6.07, 6.45) is 4.12. The molecular formula is C13H23NO4. The molecule has 0 aromatic heterocycles. The van der Waals surface area contributed by atoms with Crippen molar-refractivity contribution in [2.45, 2.75) is 52.0 Å². The molecule has 0 aliphatic carbocycles. The van der Waals surface area contributed by atoms with Gasteiger partial charge >= 0.3 is 12.1 Å². The third-order valence-corrected chi connectivity index (χ3v) is 3.02. The molecule has 1 aliphatic rings. The second-order valence-corrected chi connectivity index (χ2v) is 4.42. The minimum absolute atomic E-state index is 0.295. The summed E-state index contributed by atoms with van der Waals surface area (Å²) in [5, 5.41) is 0. The predicted molar refractivity (Wildman–Crippen MR) is 67.2 cm³/mol. The molecule has 0 aromatic carbocycles. The van der Waals surface area contributed by atoms with E-state index in [-0.39, 0.29) is 5.97 Å². The number of esters is 1. The van der Waals surface area contributed by atoms with Crippen LogP contribution in [0.3, 0.4) is 0 Å². The number of hydrogen-bond acceptors (Lipinski definition) is 4. The molecular weight excluding hydrogens is 234 g/mol. The van der Waals surface area contributed by atoms with Crippen LogP contribution >= 0.6 is 0 Å². The Kier molecular flexibility index (Phi) is 6.54. The maximum Gasteiger partial charge on any atom is 0.410 e. The van der Waals surface area contributed by atoms with Gasteiger partial charge in [-0.3, -0.25) is 4.90 Å². The van der Waals surface area contributed by atoms with Crippen molar-refractivity contribution in [3.8, 4) is 0 Å². The minimum Gasteiger partial charge on any atom is -0.464 e. The summed E-state index contributed by atoms with van der Waals surface area (Å²) in [6.45, 7) is 5.20. The molecule has 5 heteroatoms. The number of carbonyl (C=O) groups excluding carboxylic acids is 2. The number of hydrogen-bond donors (Lipinski definition) is 0. The first-order valence-electron chi connectivity index (χ1n) is 6.80. The lowest BCUT2D eigenvalue weighted by Gasteiger charge is -2.22. The zero-order valence-corrected chi connectivity index (χ0v) is 11.3. The Morgan fingerprint density at radius 1 is 1.22 bits per heavy atom. The highest BCUT2D eigenvalue weighted by molar-refractivity contribution is 5.82. The zero-order chi connectivity index (χ0) is 13.4. The lowest BCUT2D eigenvalue weighted by Crippen LogP contribution is -2.41. The Balaban J connectivity index is 2.38. The molecule has 1 saturated heterocycles. The third kappa shape index (κ3) is 4.20. The fourth-order valence-corrected chi connectivity index (χ4v) is 2.06. The van der Waals surface area contributed by atoms with Gasteiger partial charge in [0.05, 0.1) is 13.2 Å². The first-order valence-corrected chi connectivity index (χ1v) is 6.80. The molecule has 0 spiro atoms. The largest absolute Gasteiger partial charge is 0.464 e. The molecule has 5 nitrogen and oxygen atoms in total. The zero-order valence-electron chi connectivity index (χ0n) is 11.3. The van der Waals surface area contributed by atoms with Gasteiger partial charge in [0.25, 0.3) is 0 Å². The van der Waals surface area contributed by atoms with E-state index >= 15 is 0 Å². The fourth-order valence-electron chi connectivity index (χ4n) is 2.06. The van der Waals surface area contributed by atoms with Crippen molar-refractivity contribution < 1.29 is 19.1 Å². The quantitative estimate of drug-likeness (QED) is 0.541. The van der Waals surface area contributed by atoms with Gasteiger partial charge in [-0.25, -0.2) is 9.59 Å². The SMILES string of the molecule is CCCCCOC(=O)[C@@H]1CCCN1C(=O)OCC. The summed E-state index contributed by atoms with van der Waals surface area (Å²) < 4.78 is 10.1. The molecule has 0 unspecified atom stereocenters. The van der Waals surface area contributed by atoms with Gasteiger partial charge in [0.1, 0.15) is 6.04 Å². The second kappa shape index (κ2) is 7.95. The Bertz CT molecular complexity index is 280. The summed E-state index contributed by atoms with van der Waals surface area (Å²) in [5.41, 5.74) is 0. The van der Waals surface area contributed by atoms with Crippen LogP contribution in [0.2, 0.25) is 0 Å². The first kappa shape index (κ1) is 14.8. The molecule has 1 amide bonds. The predicted octanol–water partition coefficient (Wildman–Crippen LogP) is 2.34. The Labute approximate surface area is 108 Å². The van der Waals surface area contributed by atoms with Gasteiger partial charge in [-0.1, -0.05) is 19.8 Å². The van der Waals surface area contributed by atoms with Crippen LogP contribution in [-0.4, -0.2) is 42.8 Å². The molecule has 1 aliphatic heterocycles. The number of likely N-dealkylation sites (tertiary alicyclic amines) is 1. The van der Waals surface area contributed by atoms with Crippen LogP contribution < -0.4 is 0 Å². The van der Waals surface area contributed by atoms with Crippen molar-refractivity contribution in [3.63, 3.8) is 0 Å². The lowest BCUT2D eigenvalue weighted by atomic mass is 10.2. The van der Waals surface area contributed by atoms with E-state index < -0.39 is 12.1 Å². The smallest absolute Gasteiger partial charge is 0.410 e. The summed E-state index contributed by atoms with van der Waals surface area (Å²) in [7, 11) is 0. The molecule has 0 radical (unpaired) electrons. The molecule has 1 fully saturated rings. The van der Waals surface area contributed by atoms with Crippen molar-refractivity contribution in [2.24, 2.45) is 0 Å². The topological polar surface area (TPSA) is 55.8 Å². The van der Waals surface area contributed by atoms with Crippen molar-refractivity contribution >= 4 is 12.1 Å². The van der Waals surface area contributed by atoms with Crippen LogP contribution in [0.25, 0.3) is 0 Å². The minimum atomic E-state index is -0.453. The number of nitrogens with zero attached hydrogens (tertiary/aromatic N) is 1. The normalized spacial score (nSPS) is 18.8. The van der Waals surface area contributed by atoms with E-state index in [0.717, 1.165) is 25.7 Å². The first-order chi connectivity index (χ1) is 8.70. The van der Waals surface area contributed by atoms with Crippen LogP contribution in [0, 0.1) is 0 Å². The van der Waals surface area contributed by atoms with E-state index in [2.05, 4.69) is 6.92 Å². The average Bonchev–Trinajstić information content (AvgIpc) is 2.84. The third-order valence-electron chi connectivity index (χ3n) is 3.02. The fraction of sp³-hybridized carbons (Fsp3) is 0.846. The number of amides is 1. The van der Waals surface area contributed by atoms with Crippen LogP contribution in [0.15, 0.2) is 0 Å². The number of unbranched alkanes of at least 4 members (excludes halogenated alkanes) is 2. The highest BCUT2D eigenvalue weighted by atomic mass is 16.6. The Morgan fingerprint density at radius 2 is 2.00 bits per heavy atom. The van der Waals surface area contributed by atoms with Gasteiger partial charge in [0.15, 0.2) is 0 Å². The van der Waals surface area contributed by atoms with E-state index in [4.69, 9.17) is 9.47 Å². The maximum atomic E-state index is 11.9. The van der Waals surface area contributed by atoms with Crippen molar-refractivity contribution in [1.29, 1.82) is 0 Å². The number of carbonyl (C=O) groups is 2. The molecule has 0 N–H and O–H groups in total. The molecule has 104 valence electrons. The highest BCUT2D eigenvalue weighted by Gasteiger charge is 2.35. The van der Waals surface area contributed by atoms with E-state index in [1.54, 1.807) is 6.92 Å². The van der Waals surface area contributed by atoms with Crippen LogP contribution in [0.1, 0.15) is 46.0 Å². The van der Waals surface area contributed by atoms with Gasteiger partial charge in [0.2, 0.25) is 0 Å². The van der Waals surface area contributed by atoms with E-state index in [0.29, 0.717) is 26.2 Å². The Hall–Kier alpha value is -1.26. The summed E-state index contributed by atoms with van der Waals surface area (Å²) in [6, 6.07) is -0.453. The molecule has 1 rings (SSSR count). The Morgan fingerprint density at radius 3 is 2.67 bits per heavy atom. The molecule has 1 atom stereocenters. The van der Waals surface area contributed by atoms with Gasteiger partial charge in [-0.2, -0.15) is 0 Å². The highest BCUT2D eigenvalue weighted by Crippen LogP contribution is 2.19. The second-order valence-electron chi connectivity index (χ2n) is 4.42. The standard InChI is InChI=1S/C13H23NO4/c1-3-5-6-10-18-12(15)11-8-7-9-14(11)13(16)17-4-2/h11H,3-10H2,1-2H3/t11-/m0/s1. The van der Waals surface area contributed by atoms with Crippen molar-refractivity contribution in [2.75, 3.05) is 19.8 Å². The van der Waals surface area contributed by atoms with Crippen LogP contribution in [-0.2, 0) is 14.3 Å². The van der Waals surface area contributed by atoms with Crippen LogP contribution in [0.4, 0.5) is 4.79 Å². The van der Waals surface area contributed by atoms with Gasteiger partial charge in [-0.05, 0) is 26.2 Å². The maximum absolute atomic E-state index is 11.9. The molecule has 0 bridgehead atoms. The number of rotatable bonds is 6. The van der Waals surface area contributed by atoms with Crippen molar-refractivity contribution in [1.82, 2.24) is 4.90 Å². The van der Waals surface area contributed by atoms with E-state index in [9.17, 15) is 9.59 Å². The number of ether oxygens (including phenoxy) is 2. The van der Waals surface area contributed by atoms with Crippen LogP contribution in [0.5, 0.6) is 0 Å². The lowest BCUT2D eigenvalue weighted by molar-refractivity contribution is -0.148. The molecule has 0 saturated carbocycles. The molecule has 1 heterocycles. The van der Waals surface area contributed by atoms with E-state index in [1.165, 1.54) is 4.90 Å². The van der Waals surface area contributed by atoms with Crippen molar-refractivity contribution in [3.05, 3.63) is 0 Å². The monoisotopic (exact) mass is 257 g/mol. The average molecular weight is 257 g/mol. The molecule has 18 heavy (non-hydrogen) atoms. The van der Waals surface area contributed by atoms with Gasteiger partial charge in [0, 0.05) is 6.54 Å². The van der Waals surface area contributed by atoms with E-state index in [1.807, 2.05) is 0 Å². The molecule has 0 aromatic rings. The summed E-state index contributed by atoms with van der Waals surface area (Å²) in [5.74, 6) is -0.295. The van der Waals surface area contributed by atoms with Gasteiger partial charge in [-0.15, -0.1) is 0 Å². The summed E-state index contributed by atoms with van der Waals surface area (Å²) >= 11 is 0. The van der Waals surface area contributed by atoms with Gasteiger partial charge < -0.3 is 9.47 Å².